The summed E-state index contributed by atoms with van der Waals surface area (Å²) >= 11 is 0. The number of rotatable bonds is 5. The van der Waals surface area contributed by atoms with Crippen molar-refractivity contribution >= 4 is 32.8 Å². The molecule has 5 rings (SSSR count). The van der Waals surface area contributed by atoms with E-state index in [4.69, 9.17) is 5.73 Å². The summed E-state index contributed by atoms with van der Waals surface area (Å²) < 4.78 is 44.6. The van der Waals surface area contributed by atoms with E-state index in [0.29, 0.717) is 23.5 Å². The highest BCUT2D eigenvalue weighted by atomic mass is 32.2. The highest BCUT2D eigenvalue weighted by molar-refractivity contribution is 7.93. The summed E-state index contributed by atoms with van der Waals surface area (Å²) in [7, 11) is -3.70. The van der Waals surface area contributed by atoms with Crippen molar-refractivity contribution in [1.82, 2.24) is 19.5 Å². The predicted molar refractivity (Wildman–Crippen MR) is 124 cm³/mol. The Balaban J connectivity index is 1.52. The first kappa shape index (κ1) is 21.7. The van der Waals surface area contributed by atoms with Gasteiger partial charge >= 0.3 is 0 Å². The van der Waals surface area contributed by atoms with Gasteiger partial charge in [0.1, 0.15) is 17.0 Å². The minimum Gasteiger partial charge on any atom is -0.368 e. The largest absolute Gasteiger partial charge is 0.368 e. The number of benzene rings is 1. The number of sulfonamides is 1. The Morgan fingerprint density at radius 2 is 2.00 bits per heavy atom. The molecule has 0 amide bonds. The third-order valence-electron chi connectivity index (χ3n) is 6.73. The number of hydrogen-bond acceptors (Lipinski definition) is 7. The minimum atomic E-state index is -3.70. The van der Waals surface area contributed by atoms with Crippen LogP contribution in [-0.4, -0.2) is 33.2 Å². The number of nitrogens with two attached hydrogens (primary N) is 1. The molecule has 2 saturated carbocycles. The SMILES string of the molecule is CC(C)n1c(=O)c(-c2ccc(NS(=O)(=O)C3CC4CCC3C4)c(F)c2)nc2cnc(N)nc21. The van der Waals surface area contributed by atoms with Crippen LogP contribution in [0.25, 0.3) is 22.4 Å². The van der Waals surface area contributed by atoms with Crippen LogP contribution >= 0.6 is 0 Å². The third-order valence-corrected chi connectivity index (χ3v) is 8.61. The molecule has 2 aliphatic rings. The normalized spacial score (nSPS) is 22.4. The quantitative estimate of drug-likeness (QED) is 0.583. The maximum atomic E-state index is 15.0. The standard InChI is InChI=1S/C22H25FN6O3S/c1-11(2)29-20-17(10-25-22(24)27-20)26-19(21(29)30)14-5-6-16(15(23)9-14)28-33(31,32)18-8-12-3-4-13(18)7-12/h5-6,9-13,18,28H,3-4,7-8H2,1-2H3,(H2,24,25,27). The van der Waals surface area contributed by atoms with Crippen LogP contribution in [0.4, 0.5) is 16.0 Å². The van der Waals surface area contributed by atoms with E-state index in [2.05, 4.69) is 19.7 Å². The van der Waals surface area contributed by atoms with Gasteiger partial charge < -0.3 is 5.73 Å². The van der Waals surface area contributed by atoms with Gasteiger partial charge in [-0.15, -0.1) is 0 Å². The van der Waals surface area contributed by atoms with Gasteiger partial charge in [0.25, 0.3) is 5.56 Å². The zero-order chi connectivity index (χ0) is 23.5. The molecule has 3 N–H and O–H groups in total. The Bertz CT molecular complexity index is 1420. The molecule has 0 radical (unpaired) electrons. The molecule has 0 saturated heterocycles. The fraction of sp³-hybridized carbons (Fsp3) is 0.455. The number of aromatic nitrogens is 4. The first-order valence-electron chi connectivity index (χ1n) is 11.0. The fourth-order valence-corrected chi connectivity index (χ4v) is 7.12. The van der Waals surface area contributed by atoms with E-state index < -0.39 is 26.6 Å². The van der Waals surface area contributed by atoms with E-state index in [1.165, 1.54) is 22.9 Å². The molecular weight excluding hydrogens is 447 g/mol. The molecule has 3 aromatic rings. The summed E-state index contributed by atoms with van der Waals surface area (Å²) in [5, 5.41) is -0.483. The van der Waals surface area contributed by atoms with Crippen LogP contribution in [0.3, 0.4) is 0 Å². The second-order valence-electron chi connectivity index (χ2n) is 9.22. The topological polar surface area (TPSA) is 133 Å². The highest BCUT2D eigenvalue weighted by Gasteiger charge is 2.46. The number of anilines is 2. The van der Waals surface area contributed by atoms with Gasteiger partial charge in [0.15, 0.2) is 5.65 Å². The second kappa shape index (κ2) is 7.75. The van der Waals surface area contributed by atoms with Crippen LogP contribution in [-0.2, 0) is 10.0 Å². The molecule has 3 atom stereocenters. The molecule has 0 spiro atoms. The molecule has 2 fully saturated rings. The van der Waals surface area contributed by atoms with Crippen molar-refractivity contribution in [2.24, 2.45) is 11.8 Å². The Labute approximate surface area is 190 Å². The van der Waals surface area contributed by atoms with Crippen LogP contribution in [0.2, 0.25) is 0 Å². The Morgan fingerprint density at radius 1 is 1.21 bits per heavy atom. The smallest absolute Gasteiger partial charge is 0.278 e. The van der Waals surface area contributed by atoms with Crippen LogP contribution in [0.15, 0.2) is 29.2 Å². The monoisotopic (exact) mass is 472 g/mol. The first-order valence-corrected chi connectivity index (χ1v) is 12.5. The van der Waals surface area contributed by atoms with Gasteiger partial charge in [-0.05, 0) is 57.1 Å². The summed E-state index contributed by atoms with van der Waals surface area (Å²) in [4.78, 5) is 25.6. The van der Waals surface area contributed by atoms with Crippen LogP contribution in [0, 0.1) is 17.7 Å². The van der Waals surface area contributed by atoms with Crippen molar-refractivity contribution in [1.29, 1.82) is 0 Å². The lowest BCUT2D eigenvalue weighted by molar-refractivity contribution is 0.466. The van der Waals surface area contributed by atoms with Gasteiger partial charge in [-0.2, -0.15) is 4.98 Å². The molecule has 11 heteroatoms. The lowest BCUT2D eigenvalue weighted by Crippen LogP contribution is -2.32. The Hall–Kier alpha value is -3.08. The van der Waals surface area contributed by atoms with E-state index in [1.54, 1.807) is 0 Å². The van der Waals surface area contributed by atoms with Gasteiger partial charge in [-0.25, -0.2) is 22.8 Å². The molecule has 2 aliphatic carbocycles. The third kappa shape index (κ3) is 3.73. The maximum Gasteiger partial charge on any atom is 0.278 e. The van der Waals surface area contributed by atoms with Crippen molar-refractivity contribution in [3.63, 3.8) is 0 Å². The average molecular weight is 473 g/mol. The summed E-state index contributed by atoms with van der Waals surface area (Å²) in [5.41, 5.74) is 5.97. The number of fused-ring (bicyclic) bond motifs is 3. The van der Waals surface area contributed by atoms with E-state index in [9.17, 15) is 17.6 Å². The van der Waals surface area contributed by atoms with Crippen LogP contribution in [0.5, 0.6) is 0 Å². The molecule has 2 heterocycles. The highest BCUT2D eigenvalue weighted by Crippen LogP contribution is 2.47. The molecule has 33 heavy (non-hydrogen) atoms. The van der Waals surface area contributed by atoms with Gasteiger partial charge in [-0.3, -0.25) is 14.1 Å². The molecule has 1 aromatic carbocycles. The number of hydrogen-bond donors (Lipinski definition) is 2. The molecule has 9 nitrogen and oxygen atoms in total. The zero-order valence-electron chi connectivity index (χ0n) is 18.3. The summed E-state index contributed by atoms with van der Waals surface area (Å²) in [6, 6.07) is 3.69. The number of nitrogen functional groups attached to an aromatic ring is 1. The molecular formula is C22H25FN6O3S. The average Bonchev–Trinajstić information content (AvgIpc) is 3.38. The van der Waals surface area contributed by atoms with E-state index in [-0.39, 0.29) is 34.9 Å². The van der Waals surface area contributed by atoms with Crippen molar-refractivity contribution in [3.8, 4) is 11.3 Å². The van der Waals surface area contributed by atoms with Gasteiger partial charge in [-0.1, -0.05) is 12.5 Å². The predicted octanol–water partition coefficient (Wildman–Crippen LogP) is 3.09. The summed E-state index contributed by atoms with van der Waals surface area (Å²) in [5.74, 6) is -0.165. The van der Waals surface area contributed by atoms with Crippen LogP contribution in [0.1, 0.15) is 45.6 Å². The lowest BCUT2D eigenvalue weighted by Gasteiger charge is -2.22. The number of halogens is 1. The van der Waals surface area contributed by atoms with Crippen LogP contribution < -0.4 is 16.0 Å². The molecule has 3 unspecified atom stereocenters. The van der Waals surface area contributed by atoms with Gasteiger partial charge in [0, 0.05) is 11.6 Å². The zero-order valence-corrected chi connectivity index (χ0v) is 19.1. The Morgan fingerprint density at radius 3 is 2.64 bits per heavy atom. The molecule has 2 bridgehead atoms. The fourth-order valence-electron chi connectivity index (χ4n) is 5.22. The first-order chi connectivity index (χ1) is 15.6. The van der Waals surface area contributed by atoms with Crippen molar-refractivity contribution in [2.75, 3.05) is 10.5 Å². The number of nitrogens with one attached hydrogen (secondary N) is 1. The summed E-state index contributed by atoms with van der Waals surface area (Å²) in [6.45, 7) is 3.63. The molecule has 2 aromatic heterocycles. The van der Waals surface area contributed by atoms with Crippen molar-refractivity contribution in [2.45, 2.75) is 50.8 Å². The van der Waals surface area contributed by atoms with Crippen molar-refractivity contribution in [3.05, 3.63) is 40.6 Å². The van der Waals surface area contributed by atoms with E-state index in [1.807, 2.05) is 13.8 Å². The number of nitrogens with zero attached hydrogens (tertiary/aromatic N) is 4. The maximum absolute atomic E-state index is 15.0. The lowest BCUT2D eigenvalue weighted by atomic mass is 10.0. The second-order valence-corrected chi connectivity index (χ2v) is 11.1. The minimum absolute atomic E-state index is 0.0176. The summed E-state index contributed by atoms with van der Waals surface area (Å²) in [6.07, 6.45) is 4.95. The van der Waals surface area contributed by atoms with Gasteiger partial charge in [0.05, 0.1) is 17.1 Å². The van der Waals surface area contributed by atoms with E-state index in [0.717, 1.165) is 25.3 Å². The van der Waals surface area contributed by atoms with Crippen molar-refractivity contribution < 1.29 is 12.8 Å². The molecule has 0 aliphatic heterocycles. The van der Waals surface area contributed by atoms with E-state index >= 15 is 0 Å². The molecule has 174 valence electrons. The Kier molecular flexibility index (Phi) is 5.11. The van der Waals surface area contributed by atoms with Gasteiger partial charge in [0.2, 0.25) is 16.0 Å².